The first-order chi connectivity index (χ1) is 6.58. The predicted molar refractivity (Wildman–Crippen MR) is 61.6 cm³/mol. The molecule has 1 unspecified atom stereocenters. The molecule has 6 heteroatoms. The van der Waals surface area contributed by atoms with Gasteiger partial charge in [0, 0.05) is 18.2 Å². The lowest BCUT2D eigenvalue weighted by Gasteiger charge is -2.10. The van der Waals surface area contributed by atoms with Crippen LogP contribution >= 0.6 is 35.6 Å². The summed E-state index contributed by atoms with van der Waals surface area (Å²) in [6.45, 7) is 2.46. The van der Waals surface area contributed by atoms with Crippen LogP contribution in [-0.2, 0) is 4.79 Å². The zero-order valence-corrected chi connectivity index (χ0v) is 9.99. The first kappa shape index (κ1) is 10.3. The molecule has 1 aliphatic heterocycles. The summed E-state index contributed by atoms with van der Waals surface area (Å²) in [6, 6.07) is 0. The summed E-state index contributed by atoms with van der Waals surface area (Å²) in [4.78, 5) is 17.4. The maximum Gasteiger partial charge on any atom is 0.229 e. The summed E-state index contributed by atoms with van der Waals surface area (Å²) in [5, 5.41) is 0.805. The molecule has 1 aromatic rings. The van der Waals surface area contributed by atoms with E-state index in [1.807, 2.05) is 6.92 Å². The van der Waals surface area contributed by atoms with E-state index in [-0.39, 0.29) is 11.2 Å². The van der Waals surface area contributed by atoms with Gasteiger partial charge in [0.2, 0.25) is 5.91 Å². The van der Waals surface area contributed by atoms with Gasteiger partial charge in [0.05, 0.1) is 5.69 Å². The molecule has 0 bridgehead atoms. The molecule has 2 heterocycles. The number of halogens is 1. The Morgan fingerprint density at radius 1 is 1.71 bits per heavy atom. The van der Waals surface area contributed by atoms with Crippen molar-refractivity contribution in [1.29, 1.82) is 0 Å². The SMILES string of the molecule is Cc1nc(N2CC(S)CC2=O)sc1Cl. The van der Waals surface area contributed by atoms with E-state index in [2.05, 4.69) is 17.6 Å². The van der Waals surface area contributed by atoms with Gasteiger partial charge in [0.25, 0.3) is 0 Å². The van der Waals surface area contributed by atoms with Gasteiger partial charge in [-0.25, -0.2) is 4.98 Å². The summed E-state index contributed by atoms with van der Waals surface area (Å²) in [6.07, 6.45) is 0.485. The van der Waals surface area contributed by atoms with Crippen LogP contribution < -0.4 is 4.90 Å². The first-order valence-electron chi connectivity index (χ1n) is 4.19. The number of aryl methyl sites for hydroxylation is 1. The molecule has 1 aliphatic rings. The van der Waals surface area contributed by atoms with E-state index >= 15 is 0 Å². The van der Waals surface area contributed by atoms with Crippen molar-refractivity contribution >= 4 is 46.6 Å². The molecule has 2 rings (SSSR count). The highest BCUT2D eigenvalue weighted by molar-refractivity contribution is 7.81. The average Bonchev–Trinajstić information content (AvgIpc) is 2.57. The largest absolute Gasteiger partial charge is 0.287 e. The van der Waals surface area contributed by atoms with Crippen molar-refractivity contribution in [2.75, 3.05) is 11.4 Å². The fourth-order valence-electron chi connectivity index (χ4n) is 1.35. The van der Waals surface area contributed by atoms with Gasteiger partial charge in [-0.1, -0.05) is 22.9 Å². The van der Waals surface area contributed by atoms with Gasteiger partial charge in [-0.05, 0) is 6.92 Å². The number of aromatic nitrogens is 1. The minimum atomic E-state index is 0.0791. The molecule has 1 amide bonds. The van der Waals surface area contributed by atoms with Crippen LogP contribution in [0.2, 0.25) is 4.34 Å². The third-order valence-electron chi connectivity index (χ3n) is 2.06. The number of carbonyl (C=O) groups is 1. The maximum absolute atomic E-state index is 11.5. The van der Waals surface area contributed by atoms with Gasteiger partial charge in [-0.15, -0.1) is 0 Å². The van der Waals surface area contributed by atoms with Crippen molar-refractivity contribution in [3.63, 3.8) is 0 Å². The van der Waals surface area contributed by atoms with E-state index in [9.17, 15) is 4.79 Å². The lowest BCUT2D eigenvalue weighted by Crippen LogP contribution is -2.24. The van der Waals surface area contributed by atoms with E-state index < -0.39 is 0 Å². The van der Waals surface area contributed by atoms with Crippen molar-refractivity contribution in [3.05, 3.63) is 10.0 Å². The normalized spacial score (nSPS) is 22.1. The summed E-state index contributed by atoms with van der Waals surface area (Å²) in [7, 11) is 0. The second-order valence-corrected chi connectivity index (χ2v) is 5.53. The van der Waals surface area contributed by atoms with Gasteiger partial charge in [0.15, 0.2) is 5.13 Å². The van der Waals surface area contributed by atoms with Crippen molar-refractivity contribution in [3.8, 4) is 0 Å². The topological polar surface area (TPSA) is 33.2 Å². The number of hydrogen-bond acceptors (Lipinski definition) is 4. The molecular formula is C8H9ClN2OS2. The van der Waals surface area contributed by atoms with E-state index in [1.165, 1.54) is 11.3 Å². The molecule has 1 atom stereocenters. The minimum Gasteiger partial charge on any atom is -0.287 e. The molecule has 14 heavy (non-hydrogen) atoms. The highest BCUT2D eigenvalue weighted by Gasteiger charge is 2.30. The van der Waals surface area contributed by atoms with E-state index in [0.717, 1.165) is 5.69 Å². The highest BCUT2D eigenvalue weighted by Crippen LogP contribution is 2.32. The Bertz CT molecular complexity index is 360. The van der Waals surface area contributed by atoms with Crippen molar-refractivity contribution in [2.24, 2.45) is 0 Å². The Balaban J connectivity index is 2.27. The Morgan fingerprint density at radius 3 is 2.86 bits per heavy atom. The van der Waals surface area contributed by atoms with Gasteiger partial charge < -0.3 is 0 Å². The molecule has 3 nitrogen and oxygen atoms in total. The number of thiol groups is 1. The highest BCUT2D eigenvalue weighted by atomic mass is 35.5. The molecular weight excluding hydrogens is 240 g/mol. The van der Waals surface area contributed by atoms with E-state index in [4.69, 9.17) is 11.6 Å². The van der Waals surface area contributed by atoms with Crippen LogP contribution in [0.3, 0.4) is 0 Å². The Labute approximate surface area is 96.5 Å². The number of rotatable bonds is 1. The monoisotopic (exact) mass is 248 g/mol. The van der Waals surface area contributed by atoms with Crippen molar-refractivity contribution < 1.29 is 4.79 Å². The molecule has 0 N–H and O–H groups in total. The molecule has 1 saturated heterocycles. The second-order valence-electron chi connectivity index (χ2n) is 3.22. The Hall–Kier alpha value is -0.260. The molecule has 1 fully saturated rings. The lowest BCUT2D eigenvalue weighted by molar-refractivity contribution is -0.117. The fraction of sp³-hybridized carbons (Fsp3) is 0.500. The van der Waals surface area contributed by atoms with Crippen LogP contribution in [0, 0.1) is 6.92 Å². The predicted octanol–water partition coefficient (Wildman–Crippen LogP) is 2.14. The molecule has 0 saturated carbocycles. The molecule has 0 radical (unpaired) electrons. The summed E-state index contributed by atoms with van der Waals surface area (Å²) in [5.41, 5.74) is 0.780. The Kier molecular flexibility index (Phi) is 2.72. The number of carbonyl (C=O) groups excluding carboxylic acids is 1. The lowest BCUT2D eigenvalue weighted by atomic mass is 10.4. The van der Waals surface area contributed by atoms with Gasteiger partial charge in [-0.3, -0.25) is 9.69 Å². The van der Waals surface area contributed by atoms with Gasteiger partial charge in [-0.2, -0.15) is 12.6 Å². The molecule has 0 spiro atoms. The second kappa shape index (κ2) is 3.72. The molecule has 0 aliphatic carbocycles. The zero-order valence-electron chi connectivity index (χ0n) is 7.53. The average molecular weight is 249 g/mol. The van der Waals surface area contributed by atoms with Crippen LogP contribution in [0.4, 0.5) is 5.13 Å². The van der Waals surface area contributed by atoms with E-state index in [1.54, 1.807) is 4.90 Å². The summed E-state index contributed by atoms with van der Waals surface area (Å²) >= 11 is 11.5. The smallest absolute Gasteiger partial charge is 0.229 e. The van der Waals surface area contributed by atoms with Crippen LogP contribution in [0.5, 0.6) is 0 Å². The number of hydrogen-bond donors (Lipinski definition) is 1. The third-order valence-corrected chi connectivity index (χ3v) is 3.88. The van der Waals surface area contributed by atoms with Crippen LogP contribution in [-0.4, -0.2) is 22.7 Å². The van der Waals surface area contributed by atoms with Crippen molar-refractivity contribution in [1.82, 2.24) is 4.98 Å². The number of nitrogens with zero attached hydrogens (tertiary/aromatic N) is 2. The first-order valence-corrected chi connectivity index (χ1v) is 5.90. The maximum atomic E-state index is 11.5. The molecule has 1 aromatic heterocycles. The Morgan fingerprint density at radius 2 is 2.43 bits per heavy atom. The number of amides is 1. The quantitative estimate of drug-likeness (QED) is 0.773. The van der Waals surface area contributed by atoms with Gasteiger partial charge in [0.1, 0.15) is 4.34 Å². The minimum absolute atomic E-state index is 0.0791. The van der Waals surface area contributed by atoms with Gasteiger partial charge >= 0.3 is 0 Å². The summed E-state index contributed by atoms with van der Waals surface area (Å²) in [5.74, 6) is 0.0791. The van der Waals surface area contributed by atoms with E-state index in [0.29, 0.717) is 22.4 Å². The zero-order chi connectivity index (χ0) is 10.3. The van der Waals surface area contributed by atoms with Crippen LogP contribution in [0.25, 0.3) is 0 Å². The number of anilines is 1. The van der Waals surface area contributed by atoms with Crippen LogP contribution in [0.15, 0.2) is 0 Å². The standard InChI is InChI=1S/C8H9ClN2OS2/c1-4-7(9)14-8(10-4)11-3-5(13)2-6(11)12/h5,13H,2-3H2,1H3. The van der Waals surface area contributed by atoms with Crippen LogP contribution in [0.1, 0.15) is 12.1 Å². The molecule has 76 valence electrons. The third kappa shape index (κ3) is 1.76. The van der Waals surface area contributed by atoms with Crippen molar-refractivity contribution in [2.45, 2.75) is 18.6 Å². The fourth-order valence-corrected chi connectivity index (χ4v) is 2.74. The number of thiazole rings is 1. The molecule has 0 aromatic carbocycles. The summed E-state index contributed by atoms with van der Waals surface area (Å²) < 4.78 is 0.649.